The van der Waals surface area contributed by atoms with Crippen LogP contribution in [0, 0.1) is 0 Å². The summed E-state index contributed by atoms with van der Waals surface area (Å²) in [6, 6.07) is 0.667. The van der Waals surface area contributed by atoms with E-state index in [1.165, 1.54) is 21.5 Å². The van der Waals surface area contributed by atoms with Gasteiger partial charge in [0.1, 0.15) is 12.2 Å². The third-order valence-corrected chi connectivity index (χ3v) is 5.92. The summed E-state index contributed by atoms with van der Waals surface area (Å²) in [7, 11) is -1.77. The van der Waals surface area contributed by atoms with E-state index in [9.17, 15) is 8.42 Å². The first-order valence-electron chi connectivity index (χ1n) is 7.39. The van der Waals surface area contributed by atoms with E-state index in [-0.39, 0.29) is 0 Å². The zero-order valence-corrected chi connectivity index (χ0v) is 13.1. The van der Waals surface area contributed by atoms with Crippen molar-refractivity contribution in [3.63, 3.8) is 0 Å². The van der Waals surface area contributed by atoms with Crippen LogP contribution in [0.15, 0.2) is 6.33 Å². The SMILES string of the molecule is CN(CCCNC1CC1)S(=O)(=O)N1CCn2cnnc2C1. The smallest absolute Gasteiger partial charge is 0.282 e. The van der Waals surface area contributed by atoms with Crippen LogP contribution in [0.5, 0.6) is 0 Å². The lowest BCUT2D eigenvalue weighted by Gasteiger charge is -2.30. The number of fused-ring (bicyclic) bond motifs is 1. The highest BCUT2D eigenvalue weighted by Crippen LogP contribution is 2.18. The normalized spacial score (nSPS) is 19.9. The minimum absolute atomic E-state index is 0.299. The summed E-state index contributed by atoms with van der Waals surface area (Å²) in [6.07, 6.45) is 4.98. The van der Waals surface area contributed by atoms with E-state index in [4.69, 9.17) is 0 Å². The van der Waals surface area contributed by atoms with E-state index in [2.05, 4.69) is 15.5 Å². The Morgan fingerprint density at radius 3 is 3.00 bits per heavy atom. The zero-order valence-electron chi connectivity index (χ0n) is 12.3. The monoisotopic (exact) mass is 314 g/mol. The second-order valence-electron chi connectivity index (χ2n) is 5.69. The Balaban J connectivity index is 1.52. The summed E-state index contributed by atoms with van der Waals surface area (Å²) in [4.78, 5) is 0. The van der Waals surface area contributed by atoms with Crippen LogP contribution >= 0.6 is 0 Å². The van der Waals surface area contributed by atoms with Gasteiger partial charge in [0.25, 0.3) is 10.2 Å². The predicted molar refractivity (Wildman–Crippen MR) is 77.6 cm³/mol. The van der Waals surface area contributed by atoms with Crippen LogP contribution in [0.4, 0.5) is 0 Å². The van der Waals surface area contributed by atoms with Crippen LogP contribution in [-0.4, -0.2) is 64.5 Å². The van der Waals surface area contributed by atoms with Gasteiger partial charge in [-0.15, -0.1) is 10.2 Å². The van der Waals surface area contributed by atoms with Crippen LogP contribution in [-0.2, 0) is 23.3 Å². The summed E-state index contributed by atoms with van der Waals surface area (Å²) in [5, 5.41) is 11.2. The van der Waals surface area contributed by atoms with Crippen molar-refractivity contribution in [2.75, 3.05) is 26.7 Å². The Bertz CT molecular complexity index is 582. The Morgan fingerprint density at radius 1 is 1.43 bits per heavy atom. The fourth-order valence-electron chi connectivity index (χ4n) is 2.45. The molecule has 1 fully saturated rings. The molecule has 1 aliphatic carbocycles. The van der Waals surface area contributed by atoms with Gasteiger partial charge >= 0.3 is 0 Å². The third kappa shape index (κ3) is 3.42. The molecule has 2 aliphatic rings. The molecule has 0 amide bonds. The van der Waals surface area contributed by atoms with Gasteiger partial charge in [0.05, 0.1) is 6.54 Å². The molecule has 0 bridgehead atoms. The van der Waals surface area contributed by atoms with Gasteiger partial charge in [-0.05, 0) is 25.8 Å². The standard InChI is InChI=1S/C12H22N6O2S/c1-16(6-2-5-13-11-3-4-11)21(19,20)18-8-7-17-10-14-15-12(17)9-18/h10-11,13H,2-9H2,1H3. The van der Waals surface area contributed by atoms with Crippen molar-refractivity contribution in [2.45, 2.75) is 38.4 Å². The number of hydrogen-bond acceptors (Lipinski definition) is 5. The number of nitrogens with one attached hydrogen (secondary N) is 1. The summed E-state index contributed by atoms with van der Waals surface area (Å²) in [5.74, 6) is 0.702. The van der Waals surface area contributed by atoms with Crippen molar-refractivity contribution >= 4 is 10.2 Å². The Morgan fingerprint density at radius 2 is 2.24 bits per heavy atom. The molecule has 2 heterocycles. The first-order valence-corrected chi connectivity index (χ1v) is 8.78. The van der Waals surface area contributed by atoms with Gasteiger partial charge in [-0.1, -0.05) is 0 Å². The van der Waals surface area contributed by atoms with Crippen LogP contribution < -0.4 is 5.32 Å². The zero-order chi connectivity index (χ0) is 14.9. The van der Waals surface area contributed by atoms with Crippen LogP contribution in [0.25, 0.3) is 0 Å². The molecule has 21 heavy (non-hydrogen) atoms. The highest BCUT2D eigenvalue weighted by atomic mass is 32.2. The van der Waals surface area contributed by atoms with Gasteiger partial charge in [0, 0.05) is 32.7 Å². The van der Waals surface area contributed by atoms with Crippen LogP contribution in [0.2, 0.25) is 0 Å². The fraction of sp³-hybridized carbons (Fsp3) is 0.833. The minimum Gasteiger partial charge on any atom is -0.315 e. The summed E-state index contributed by atoms with van der Waals surface area (Å²) in [5.41, 5.74) is 0. The largest absolute Gasteiger partial charge is 0.315 e. The minimum atomic E-state index is -3.41. The topological polar surface area (TPSA) is 83.4 Å². The first kappa shape index (κ1) is 14.9. The van der Waals surface area contributed by atoms with E-state index in [0.717, 1.165) is 13.0 Å². The number of hydrogen-bond donors (Lipinski definition) is 1. The maximum absolute atomic E-state index is 12.5. The van der Waals surface area contributed by atoms with Crippen LogP contribution in [0.1, 0.15) is 25.1 Å². The number of nitrogens with zero attached hydrogens (tertiary/aromatic N) is 5. The van der Waals surface area contributed by atoms with Gasteiger partial charge in [-0.3, -0.25) is 0 Å². The Labute approximate surface area is 125 Å². The molecule has 0 aromatic carbocycles. The second-order valence-corrected chi connectivity index (χ2v) is 7.72. The lowest BCUT2D eigenvalue weighted by Crippen LogP contribution is -2.46. The lowest BCUT2D eigenvalue weighted by atomic mass is 10.4. The summed E-state index contributed by atoms with van der Waals surface area (Å²) >= 11 is 0. The summed E-state index contributed by atoms with van der Waals surface area (Å²) in [6.45, 7) is 2.79. The molecular formula is C12H22N6O2S. The van der Waals surface area contributed by atoms with Crippen molar-refractivity contribution in [1.29, 1.82) is 0 Å². The van der Waals surface area contributed by atoms with E-state index >= 15 is 0 Å². The molecule has 0 unspecified atom stereocenters. The average Bonchev–Trinajstić information content (AvgIpc) is 3.17. The molecular weight excluding hydrogens is 292 g/mol. The van der Waals surface area contributed by atoms with Gasteiger partial charge in [-0.2, -0.15) is 17.0 Å². The first-order chi connectivity index (χ1) is 10.1. The van der Waals surface area contributed by atoms with E-state index in [1.54, 1.807) is 13.4 Å². The Hall–Kier alpha value is -1.03. The molecule has 1 aromatic rings. The molecule has 8 nitrogen and oxygen atoms in total. The molecule has 3 rings (SSSR count). The van der Waals surface area contributed by atoms with Gasteiger partial charge in [0.2, 0.25) is 0 Å². The molecule has 0 saturated heterocycles. The highest BCUT2D eigenvalue weighted by molar-refractivity contribution is 7.86. The second kappa shape index (κ2) is 5.99. The Kier molecular flexibility index (Phi) is 4.25. The molecule has 1 aromatic heterocycles. The van der Waals surface area contributed by atoms with Crippen LogP contribution in [0.3, 0.4) is 0 Å². The maximum atomic E-state index is 12.5. The predicted octanol–water partition coefficient (Wildman–Crippen LogP) is -0.588. The quantitative estimate of drug-likeness (QED) is 0.680. The molecule has 1 aliphatic heterocycles. The van der Waals surface area contributed by atoms with E-state index in [1.807, 2.05) is 4.57 Å². The van der Waals surface area contributed by atoms with Gasteiger partial charge in [-0.25, -0.2) is 0 Å². The highest BCUT2D eigenvalue weighted by Gasteiger charge is 2.30. The number of rotatable bonds is 7. The average molecular weight is 314 g/mol. The molecule has 1 N–H and O–H groups in total. The van der Waals surface area contributed by atoms with Crippen molar-refractivity contribution < 1.29 is 8.42 Å². The van der Waals surface area contributed by atoms with Crippen molar-refractivity contribution in [3.05, 3.63) is 12.2 Å². The summed E-state index contributed by atoms with van der Waals surface area (Å²) < 4.78 is 29.9. The van der Waals surface area contributed by atoms with Crippen molar-refractivity contribution in [2.24, 2.45) is 0 Å². The van der Waals surface area contributed by atoms with Crippen molar-refractivity contribution in [3.8, 4) is 0 Å². The van der Waals surface area contributed by atoms with Crippen molar-refractivity contribution in [1.82, 2.24) is 28.7 Å². The van der Waals surface area contributed by atoms with E-state index in [0.29, 0.717) is 38.0 Å². The molecule has 1 saturated carbocycles. The molecule has 0 atom stereocenters. The molecule has 0 radical (unpaired) electrons. The molecule has 118 valence electrons. The third-order valence-electron chi connectivity index (χ3n) is 3.98. The van der Waals surface area contributed by atoms with Gasteiger partial charge in [0.15, 0.2) is 0 Å². The lowest BCUT2D eigenvalue weighted by molar-refractivity contribution is 0.305. The van der Waals surface area contributed by atoms with Gasteiger partial charge < -0.3 is 9.88 Å². The maximum Gasteiger partial charge on any atom is 0.282 e. The molecule has 9 heteroatoms. The fourth-order valence-corrected chi connectivity index (χ4v) is 3.79. The number of aromatic nitrogens is 3. The van der Waals surface area contributed by atoms with E-state index < -0.39 is 10.2 Å². The molecule has 0 spiro atoms.